The lowest BCUT2D eigenvalue weighted by molar-refractivity contribution is -0.384. The van der Waals surface area contributed by atoms with Gasteiger partial charge >= 0.3 is 0 Å². The molecule has 27 heavy (non-hydrogen) atoms. The highest BCUT2D eigenvalue weighted by Gasteiger charge is 2.24. The third kappa shape index (κ3) is 5.92. The Kier molecular flexibility index (Phi) is 7.06. The number of hydrogen-bond donors (Lipinski definition) is 2. The van der Waals surface area contributed by atoms with Crippen molar-refractivity contribution in [3.63, 3.8) is 0 Å². The van der Waals surface area contributed by atoms with E-state index in [2.05, 4.69) is 0 Å². The van der Waals surface area contributed by atoms with E-state index in [9.17, 15) is 24.5 Å². The second kappa shape index (κ2) is 9.48. The van der Waals surface area contributed by atoms with Crippen LogP contribution in [-0.2, 0) is 14.4 Å². The fraction of sp³-hybridized carbons (Fsp3) is 0.438. The number of carbonyl (C=O) groups is 3. The van der Waals surface area contributed by atoms with Gasteiger partial charge in [-0.25, -0.2) is 5.84 Å². The van der Waals surface area contributed by atoms with Gasteiger partial charge in [-0.15, -0.1) is 0 Å². The number of nitrogens with one attached hydrogen (secondary N) is 1. The van der Waals surface area contributed by atoms with Crippen LogP contribution in [0.15, 0.2) is 24.3 Å². The molecule has 0 atom stereocenters. The predicted octanol–water partition coefficient (Wildman–Crippen LogP) is -0.585. The second-order valence-corrected chi connectivity index (χ2v) is 5.86. The molecule has 1 aliphatic heterocycles. The van der Waals surface area contributed by atoms with Crippen LogP contribution in [0.25, 0.3) is 0 Å². The number of hydrogen-bond acceptors (Lipinski definition) is 7. The summed E-state index contributed by atoms with van der Waals surface area (Å²) in [5.74, 6) is 4.41. The lowest BCUT2D eigenvalue weighted by atomic mass is 10.2. The van der Waals surface area contributed by atoms with E-state index in [0.717, 1.165) is 0 Å². The summed E-state index contributed by atoms with van der Waals surface area (Å²) in [5.41, 5.74) is 1.88. The van der Waals surface area contributed by atoms with Crippen LogP contribution in [0.3, 0.4) is 0 Å². The molecule has 0 unspecified atom stereocenters. The minimum Gasteiger partial charge on any atom is -0.493 e. The second-order valence-electron chi connectivity index (χ2n) is 5.86. The summed E-state index contributed by atoms with van der Waals surface area (Å²) in [6, 6.07) is 5.62. The topological polar surface area (TPSA) is 148 Å². The molecule has 3 amide bonds. The van der Waals surface area contributed by atoms with Gasteiger partial charge in [0.05, 0.1) is 18.0 Å². The molecule has 0 saturated carbocycles. The number of rotatable bonds is 7. The lowest BCUT2D eigenvalue weighted by Crippen LogP contribution is -2.51. The molecular weight excluding hydrogens is 358 g/mol. The van der Waals surface area contributed by atoms with E-state index in [1.54, 1.807) is 4.90 Å². The van der Waals surface area contributed by atoms with Crippen LogP contribution < -0.4 is 16.0 Å². The Morgan fingerprint density at radius 2 is 1.63 bits per heavy atom. The van der Waals surface area contributed by atoms with E-state index in [1.807, 2.05) is 5.43 Å². The van der Waals surface area contributed by atoms with Gasteiger partial charge in [0.2, 0.25) is 17.7 Å². The van der Waals surface area contributed by atoms with Gasteiger partial charge < -0.3 is 14.5 Å². The molecule has 1 aliphatic rings. The minimum absolute atomic E-state index is 0.0326. The highest BCUT2D eigenvalue weighted by molar-refractivity contribution is 5.96. The Balaban J connectivity index is 1.70. The van der Waals surface area contributed by atoms with Gasteiger partial charge in [0, 0.05) is 38.3 Å². The van der Waals surface area contributed by atoms with E-state index in [0.29, 0.717) is 31.9 Å². The molecule has 0 spiro atoms. The van der Waals surface area contributed by atoms with Crippen molar-refractivity contribution in [3.05, 3.63) is 34.4 Å². The number of amides is 3. The summed E-state index contributed by atoms with van der Waals surface area (Å²) >= 11 is 0. The van der Waals surface area contributed by atoms with Gasteiger partial charge in [0.15, 0.2) is 0 Å². The van der Waals surface area contributed by atoms with E-state index in [-0.39, 0.29) is 37.0 Å². The molecular formula is C16H21N5O6. The standard InChI is InChI=1S/C16H21N5O6/c17-18-14(22)11-16(24)20-8-6-19(7-9-20)15(23)5-10-27-13-3-1-12(2-4-13)21(25)26/h1-4H,5-11,17H2,(H,18,22). The number of nitro benzene ring substituents is 1. The van der Waals surface area contributed by atoms with Crippen LogP contribution in [0.2, 0.25) is 0 Å². The zero-order valence-corrected chi connectivity index (χ0v) is 14.6. The highest BCUT2D eigenvalue weighted by Crippen LogP contribution is 2.17. The van der Waals surface area contributed by atoms with Gasteiger partial charge in [-0.1, -0.05) is 0 Å². The van der Waals surface area contributed by atoms with E-state index in [4.69, 9.17) is 10.6 Å². The lowest BCUT2D eigenvalue weighted by Gasteiger charge is -2.34. The number of piperazine rings is 1. The van der Waals surface area contributed by atoms with E-state index < -0.39 is 10.8 Å². The fourth-order valence-corrected chi connectivity index (χ4v) is 2.58. The number of benzene rings is 1. The van der Waals surface area contributed by atoms with E-state index in [1.165, 1.54) is 29.2 Å². The quantitative estimate of drug-likeness (QED) is 0.211. The molecule has 11 heteroatoms. The number of nitrogens with two attached hydrogens (primary N) is 1. The van der Waals surface area contributed by atoms with Crippen LogP contribution in [-0.4, -0.2) is 65.2 Å². The Hall–Kier alpha value is -3.21. The van der Waals surface area contributed by atoms with Crippen molar-refractivity contribution < 1.29 is 24.0 Å². The zero-order valence-electron chi connectivity index (χ0n) is 14.6. The number of non-ortho nitro benzene ring substituents is 1. The Bertz CT molecular complexity index is 700. The maximum Gasteiger partial charge on any atom is 0.269 e. The van der Waals surface area contributed by atoms with Crippen LogP contribution >= 0.6 is 0 Å². The van der Waals surface area contributed by atoms with Crippen molar-refractivity contribution in [1.29, 1.82) is 0 Å². The van der Waals surface area contributed by atoms with Crippen molar-refractivity contribution in [3.8, 4) is 5.75 Å². The van der Waals surface area contributed by atoms with Crippen LogP contribution in [0.5, 0.6) is 5.75 Å². The first-order valence-electron chi connectivity index (χ1n) is 8.33. The average molecular weight is 379 g/mol. The van der Waals surface area contributed by atoms with Crippen LogP contribution in [0, 0.1) is 10.1 Å². The zero-order chi connectivity index (χ0) is 19.8. The number of ether oxygens (including phenoxy) is 1. The number of hydrazine groups is 1. The maximum absolute atomic E-state index is 12.2. The first-order chi connectivity index (χ1) is 12.9. The normalized spacial score (nSPS) is 13.8. The molecule has 2 rings (SSSR count). The van der Waals surface area contributed by atoms with Crippen LogP contribution in [0.4, 0.5) is 5.69 Å². The van der Waals surface area contributed by atoms with Crippen molar-refractivity contribution in [1.82, 2.24) is 15.2 Å². The summed E-state index contributed by atoms with van der Waals surface area (Å²) in [6.45, 7) is 1.61. The molecule has 1 saturated heterocycles. The van der Waals surface area contributed by atoms with Crippen molar-refractivity contribution in [2.45, 2.75) is 12.8 Å². The van der Waals surface area contributed by atoms with Gasteiger partial charge in [-0.2, -0.15) is 0 Å². The van der Waals surface area contributed by atoms with Crippen molar-refractivity contribution in [2.24, 2.45) is 5.84 Å². The summed E-state index contributed by atoms with van der Waals surface area (Å²) in [5, 5.41) is 10.6. The van der Waals surface area contributed by atoms with Crippen LogP contribution in [0.1, 0.15) is 12.8 Å². The summed E-state index contributed by atoms with van der Waals surface area (Å²) in [6.07, 6.45) is -0.159. The molecule has 1 aromatic rings. The van der Waals surface area contributed by atoms with Gasteiger partial charge in [0.1, 0.15) is 12.2 Å². The number of nitrogens with zero attached hydrogens (tertiary/aromatic N) is 3. The van der Waals surface area contributed by atoms with Crippen molar-refractivity contribution >= 4 is 23.4 Å². The van der Waals surface area contributed by atoms with Gasteiger partial charge in [-0.3, -0.25) is 29.9 Å². The third-order valence-corrected chi connectivity index (χ3v) is 4.09. The molecule has 146 valence electrons. The fourth-order valence-electron chi connectivity index (χ4n) is 2.58. The maximum atomic E-state index is 12.2. The Morgan fingerprint density at radius 3 is 2.15 bits per heavy atom. The first kappa shape index (κ1) is 20.1. The SMILES string of the molecule is NNC(=O)CC(=O)N1CCN(C(=O)CCOc2ccc([N+](=O)[O-])cc2)CC1. The Morgan fingerprint density at radius 1 is 1.07 bits per heavy atom. The highest BCUT2D eigenvalue weighted by atomic mass is 16.6. The average Bonchev–Trinajstić information content (AvgIpc) is 2.68. The smallest absolute Gasteiger partial charge is 0.269 e. The third-order valence-electron chi connectivity index (χ3n) is 4.09. The molecule has 1 aromatic carbocycles. The summed E-state index contributed by atoms with van der Waals surface area (Å²) < 4.78 is 5.43. The monoisotopic (exact) mass is 379 g/mol. The molecule has 0 radical (unpaired) electrons. The predicted molar refractivity (Wildman–Crippen MR) is 93.3 cm³/mol. The molecule has 0 aliphatic carbocycles. The number of nitro groups is 1. The molecule has 3 N–H and O–H groups in total. The largest absolute Gasteiger partial charge is 0.493 e. The molecule has 0 aromatic heterocycles. The summed E-state index contributed by atoms with van der Waals surface area (Å²) in [4.78, 5) is 48.5. The van der Waals surface area contributed by atoms with Gasteiger partial charge in [-0.05, 0) is 12.1 Å². The van der Waals surface area contributed by atoms with Crippen molar-refractivity contribution in [2.75, 3.05) is 32.8 Å². The molecule has 1 fully saturated rings. The molecule has 1 heterocycles. The van der Waals surface area contributed by atoms with Gasteiger partial charge in [0.25, 0.3) is 5.69 Å². The minimum atomic E-state index is -0.554. The van der Waals surface area contributed by atoms with E-state index >= 15 is 0 Å². The number of carbonyl (C=O) groups excluding carboxylic acids is 3. The summed E-state index contributed by atoms with van der Waals surface area (Å²) in [7, 11) is 0. The molecule has 11 nitrogen and oxygen atoms in total. The first-order valence-corrected chi connectivity index (χ1v) is 8.33. The molecule has 0 bridgehead atoms. The Labute approximate surface area is 155 Å².